The molecule has 1 aromatic rings. The molecular formula is C14H20N2O3. The van der Waals surface area contributed by atoms with Crippen LogP contribution >= 0.6 is 0 Å². The van der Waals surface area contributed by atoms with Crippen LogP contribution < -0.4 is 0 Å². The van der Waals surface area contributed by atoms with Crippen LogP contribution in [0.1, 0.15) is 18.9 Å². The molecule has 0 bridgehead atoms. The molecular weight excluding hydrogens is 244 g/mol. The lowest BCUT2D eigenvalue weighted by molar-refractivity contribution is -0.143. The van der Waals surface area contributed by atoms with Crippen LogP contribution in [0, 0.1) is 5.92 Å². The topological polar surface area (TPSA) is 62.7 Å². The van der Waals surface area contributed by atoms with Crippen molar-refractivity contribution in [1.29, 1.82) is 0 Å². The summed E-state index contributed by atoms with van der Waals surface area (Å²) in [6, 6.07) is 3.87. The first-order chi connectivity index (χ1) is 9.22. The molecule has 1 N–H and O–H groups in total. The van der Waals surface area contributed by atoms with Gasteiger partial charge in [-0.3, -0.25) is 14.7 Å². The van der Waals surface area contributed by atoms with E-state index in [-0.39, 0.29) is 6.04 Å². The molecule has 104 valence electrons. The number of hydrogen-bond donors (Lipinski definition) is 1. The van der Waals surface area contributed by atoms with E-state index in [1.807, 2.05) is 18.3 Å². The van der Waals surface area contributed by atoms with Gasteiger partial charge in [-0.1, -0.05) is 13.0 Å². The molecule has 2 atom stereocenters. The number of carboxylic acids is 1. The molecule has 0 amide bonds. The summed E-state index contributed by atoms with van der Waals surface area (Å²) < 4.78 is 5.36. The van der Waals surface area contributed by atoms with Crippen LogP contribution in [0.15, 0.2) is 24.5 Å². The first kappa shape index (κ1) is 14.0. The minimum absolute atomic E-state index is 0.0438. The lowest BCUT2D eigenvalue weighted by atomic mass is 10.0. The maximum atomic E-state index is 11.3. The zero-order chi connectivity index (χ0) is 13.7. The van der Waals surface area contributed by atoms with Crippen molar-refractivity contribution in [2.45, 2.75) is 25.9 Å². The fourth-order valence-corrected chi connectivity index (χ4v) is 2.51. The van der Waals surface area contributed by atoms with E-state index in [2.05, 4.69) is 16.8 Å². The molecule has 0 radical (unpaired) electrons. The molecule has 2 unspecified atom stereocenters. The van der Waals surface area contributed by atoms with E-state index in [1.54, 1.807) is 6.20 Å². The molecule has 0 spiro atoms. The maximum Gasteiger partial charge on any atom is 0.310 e. The van der Waals surface area contributed by atoms with Gasteiger partial charge in [0.15, 0.2) is 0 Å². The smallest absolute Gasteiger partial charge is 0.310 e. The van der Waals surface area contributed by atoms with Gasteiger partial charge in [-0.05, 0) is 24.6 Å². The number of carbonyl (C=O) groups is 1. The Morgan fingerprint density at radius 3 is 3.05 bits per heavy atom. The van der Waals surface area contributed by atoms with Crippen molar-refractivity contribution in [3.05, 3.63) is 30.1 Å². The summed E-state index contributed by atoms with van der Waals surface area (Å²) in [6.45, 7) is 4.50. The summed E-state index contributed by atoms with van der Waals surface area (Å²) >= 11 is 0. The predicted molar refractivity (Wildman–Crippen MR) is 70.7 cm³/mol. The number of nitrogens with zero attached hydrogens (tertiary/aromatic N) is 2. The van der Waals surface area contributed by atoms with E-state index >= 15 is 0 Å². The number of ether oxygens (including phenoxy) is 1. The van der Waals surface area contributed by atoms with E-state index in [1.165, 1.54) is 0 Å². The molecule has 1 fully saturated rings. The molecule has 2 rings (SSSR count). The van der Waals surface area contributed by atoms with Gasteiger partial charge < -0.3 is 9.84 Å². The number of aliphatic carboxylic acids is 1. The van der Waals surface area contributed by atoms with Crippen molar-refractivity contribution in [3.8, 4) is 0 Å². The van der Waals surface area contributed by atoms with Crippen molar-refractivity contribution < 1.29 is 14.6 Å². The molecule has 5 nitrogen and oxygen atoms in total. The molecule has 1 aliphatic heterocycles. The third-order valence-corrected chi connectivity index (χ3v) is 3.46. The maximum absolute atomic E-state index is 11.3. The fraction of sp³-hybridized carbons (Fsp3) is 0.571. The molecule has 2 heterocycles. The lowest BCUT2D eigenvalue weighted by Gasteiger charge is -2.29. The Balaban J connectivity index is 2.09. The highest BCUT2D eigenvalue weighted by Gasteiger charge is 2.37. The molecule has 19 heavy (non-hydrogen) atoms. The van der Waals surface area contributed by atoms with E-state index < -0.39 is 11.9 Å². The Kier molecular flexibility index (Phi) is 4.87. The second-order valence-corrected chi connectivity index (χ2v) is 4.88. The van der Waals surface area contributed by atoms with Gasteiger partial charge in [-0.25, -0.2) is 0 Å². The summed E-state index contributed by atoms with van der Waals surface area (Å²) in [5.41, 5.74) is 1.10. The summed E-state index contributed by atoms with van der Waals surface area (Å²) in [5.74, 6) is -1.20. The summed E-state index contributed by atoms with van der Waals surface area (Å²) in [5, 5.41) is 9.25. The van der Waals surface area contributed by atoms with Crippen LogP contribution in [-0.4, -0.2) is 46.8 Å². The van der Waals surface area contributed by atoms with Crippen LogP contribution in [0.5, 0.6) is 0 Å². The van der Waals surface area contributed by atoms with Crippen molar-refractivity contribution in [3.63, 3.8) is 0 Å². The predicted octanol–water partition coefficient (Wildman–Crippen LogP) is 1.39. The highest BCUT2D eigenvalue weighted by molar-refractivity contribution is 5.71. The van der Waals surface area contributed by atoms with Gasteiger partial charge in [0.2, 0.25) is 0 Å². The van der Waals surface area contributed by atoms with Gasteiger partial charge in [0.1, 0.15) is 0 Å². The molecule has 1 saturated heterocycles. The lowest BCUT2D eigenvalue weighted by Crippen LogP contribution is -2.43. The Morgan fingerprint density at radius 1 is 1.58 bits per heavy atom. The van der Waals surface area contributed by atoms with E-state index in [4.69, 9.17) is 4.74 Å². The summed E-state index contributed by atoms with van der Waals surface area (Å²) in [4.78, 5) is 17.6. The van der Waals surface area contributed by atoms with Crippen LogP contribution in [-0.2, 0) is 16.1 Å². The Hall–Kier alpha value is -1.46. The number of carboxylic acid groups (broad SMARTS) is 1. The highest BCUT2D eigenvalue weighted by atomic mass is 16.5. The molecule has 0 saturated carbocycles. The van der Waals surface area contributed by atoms with Gasteiger partial charge in [-0.15, -0.1) is 0 Å². The minimum Gasteiger partial charge on any atom is -0.481 e. The molecule has 0 aliphatic carbocycles. The second kappa shape index (κ2) is 6.63. The monoisotopic (exact) mass is 264 g/mol. The van der Waals surface area contributed by atoms with E-state index in [9.17, 15) is 9.90 Å². The van der Waals surface area contributed by atoms with Crippen LogP contribution in [0.4, 0.5) is 0 Å². The molecule has 0 aromatic carbocycles. The van der Waals surface area contributed by atoms with Crippen molar-refractivity contribution >= 4 is 5.97 Å². The average molecular weight is 264 g/mol. The van der Waals surface area contributed by atoms with Crippen LogP contribution in [0.3, 0.4) is 0 Å². The number of hydrogen-bond acceptors (Lipinski definition) is 4. The van der Waals surface area contributed by atoms with Gasteiger partial charge in [-0.2, -0.15) is 0 Å². The highest BCUT2D eigenvalue weighted by Crippen LogP contribution is 2.22. The second-order valence-electron chi connectivity index (χ2n) is 4.88. The van der Waals surface area contributed by atoms with Crippen LogP contribution in [0.2, 0.25) is 0 Å². The normalized spacial score (nSPS) is 22.8. The minimum atomic E-state index is -0.769. The molecule has 1 aromatic heterocycles. The first-order valence-electron chi connectivity index (χ1n) is 6.66. The third kappa shape index (κ3) is 3.52. The number of rotatable bonds is 6. The van der Waals surface area contributed by atoms with Crippen molar-refractivity contribution in [2.24, 2.45) is 5.92 Å². The molecule has 5 heteroatoms. The van der Waals surface area contributed by atoms with Gasteiger partial charge >= 0.3 is 5.97 Å². The Morgan fingerprint density at radius 2 is 2.42 bits per heavy atom. The van der Waals surface area contributed by atoms with Crippen molar-refractivity contribution in [2.75, 3.05) is 19.8 Å². The number of pyridine rings is 1. The Labute approximate surface area is 113 Å². The largest absolute Gasteiger partial charge is 0.481 e. The Bertz CT molecular complexity index is 410. The zero-order valence-corrected chi connectivity index (χ0v) is 11.2. The standard InChI is InChI=1S/C14H20N2O3/c1-2-6-16(8-11-4-3-5-15-7-11)13-10-19-9-12(13)14(17)18/h3-5,7,12-13H,2,6,8-10H2,1H3,(H,17,18). The average Bonchev–Trinajstić information content (AvgIpc) is 2.89. The summed E-state index contributed by atoms with van der Waals surface area (Å²) in [7, 11) is 0. The third-order valence-electron chi connectivity index (χ3n) is 3.46. The van der Waals surface area contributed by atoms with Gasteiger partial charge in [0.25, 0.3) is 0 Å². The first-order valence-corrected chi connectivity index (χ1v) is 6.66. The fourth-order valence-electron chi connectivity index (χ4n) is 2.51. The van der Waals surface area contributed by atoms with E-state index in [0.717, 1.165) is 25.1 Å². The van der Waals surface area contributed by atoms with Gasteiger partial charge in [0.05, 0.1) is 19.1 Å². The molecule has 1 aliphatic rings. The zero-order valence-electron chi connectivity index (χ0n) is 11.2. The van der Waals surface area contributed by atoms with Gasteiger partial charge in [0, 0.05) is 25.0 Å². The summed E-state index contributed by atoms with van der Waals surface area (Å²) in [6.07, 6.45) is 4.56. The number of aromatic nitrogens is 1. The van der Waals surface area contributed by atoms with Crippen LogP contribution in [0.25, 0.3) is 0 Å². The quantitative estimate of drug-likeness (QED) is 0.841. The van der Waals surface area contributed by atoms with Crippen molar-refractivity contribution in [1.82, 2.24) is 9.88 Å². The SMILES string of the molecule is CCCN(Cc1cccnc1)C1COCC1C(=O)O. The van der Waals surface area contributed by atoms with E-state index in [0.29, 0.717) is 13.2 Å².